The van der Waals surface area contributed by atoms with E-state index in [9.17, 15) is 14.9 Å². The first-order valence-electron chi connectivity index (χ1n) is 8.34. The van der Waals surface area contributed by atoms with Gasteiger partial charge in [-0.25, -0.2) is 0 Å². The van der Waals surface area contributed by atoms with E-state index < -0.39 is 0 Å². The highest BCUT2D eigenvalue weighted by Gasteiger charge is 2.30. The summed E-state index contributed by atoms with van der Waals surface area (Å²) >= 11 is 1.15. The maximum absolute atomic E-state index is 12.1. The lowest BCUT2D eigenvalue weighted by Gasteiger charge is -2.26. The Balaban J connectivity index is 2.16. The van der Waals surface area contributed by atoms with Crippen molar-refractivity contribution < 1.29 is 14.3 Å². The van der Waals surface area contributed by atoms with Crippen molar-refractivity contribution in [3.8, 4) is 6.07 Å². The van der Waals surface area contributed by atoms with Gasteiger partial charge in [-0.05, 0) is 24.5 Å². The second-order valence-electron chi connectivity index (χ2n) is 5.88. The topological polar surface area (TPSA) is 79.2 Å². The molecule has 2 rings (SSSR count). The van der Waals surface area contributed by atoms with Gasteiger partial charge < -0.3 is 10.1 Å². The fourth-order valence-electron chi connectivity index (χ4n) is 2.68. The Bertz CT molecular complexity index is 722. The fraction of sp³-hybridized carbons (Fsp3) is 0.421. The van der Waals surface area contributed by atoms with Crippen LogP contribution in [0, 0.1) is 18.3 Å². The number of esters is 1. The third-order valence-corrected chi connectivity index (χ3v) is 5.01. The zero-order valence-electron chi connectivity index (χ0n) is 14.5. The molecule has 0 spiro atoms. The highest BCUT2D eigenvalue weighted by molar-refractivity contribution is 8.03. The van der Waals surface area contributed by atoms with Crippen LogP contribution in [0.5, 0.6) is 0 Å². The summed E-state index contributed by atoms with van der Waals surface area (Å²) in [4.78, 5) is 23.9. The van der Waals surface area contributed by atoms with Crippen molar-refractivity contribution in [3.05, 3.63) is 46.0 Å². The summed E-state index contributed by atoms with van der Waals surface area (Å²) in [6, 6.07) is 9.96. The number of carbonyl (C=O) groups is 2. The molecule has 0 bridgehead atoms. The Kier molecular flexibility index (Phi) is 7.08. The molecule has 132 valence electrons. The molecule has 0 unspecified atom stereocenters. The van der Waals surface area contributed by atoms with Gasteiger partial charge in [-0.15, -0.1) is 0 Å². The number of nitrogens with zero attached hydrogens (tertiary/aromatic N) is 1. The van der Waals surface area contributed by atoms with E-state index in [1.807, 2.05) is 38.1 Å². The number of hydrogen-bond donors (Lipinski definition) is 1. The lowest BCUT2D eigenvalue weighted by molar-refractivity contribution is -0.140. The minimum Gasteiger partial charge on any atom is -0.465 e. The van der Waals surface area contributed by atoms with Crippen LogP contribution < -0.4 is 5.32 Å². The van der Waals surface area contributed by atoms with Gasteiger partial charge in [-0.3, -0.25) is 9.59 Å². The van der Waals surface area contributed by atoms with Crippen molar-refractivity contribution >= 4 is 23.6 Å². The number of ether oxygens (including phenoxy) is 1. The van der Waals surface area contributed by atoms with Crippen LogP contribution in [0.3, 0.4) is 0 Å². The SMILES string of the molecule is CCCCOC(=O)CSC1=C(C#N)[C@@H](c2ccccc2C)CC(=O)N1. The summed E-state index contributed by atoms with van der Waals surface area (Å²) in [7, 11) is 0. The van der Waals surface area contributed by atoms with Crippen molar-refractivity contribution in [2.75, 3.05) is 12.4 Å². The number of benzene rings is 1. The molecule has 0 saturated carbocycles. The van der Waals surface area contributed by atoms with Crippen LogP contribution in [-0.2, 0) is 14.3 Å². The van der Waals surface area contributed by atoms with Gasteiger partial charge in [0, 0.05) is 12.3 Å². The van der Waals surface area contributed by atoms with Crippen molar-refractivity contribution in [1.29, 1.82) is 5.26 Å². The standard InChI is InChI=1S/C19H22N2O3S/c1-3-4-9-24-18(23)12-25-19-16(11-20)15(10-17(22)21-19)14-8-6-5-7-13(14)2/h5-8,15H,3-4,9-10,12H2,1-2H3,(H,21,22)/t15-/m1/s1. The molecular weight excluding hydrogens is 336 g/mol. The molecule has 0 fully saturated rings. The molecule has 1 aromatic carbocycles. The molecule has 5 nitrogen and oxygen atoms in total. The second-order valence-corrected chi connectivity index (χ2v) is 6.86. The van der Waals surface area contributed by atoms with Crippen LogP contribution in [0.1, 0.15) is 43.2 Å². The van der Waals surface area contributed by atoms with E-state index in [-0.39, 0.29) is 30.0 Å². The van der Waals surface area contributed by atoms with E-state index in [2.05, 4.69) is 11.4 Å². The summed E-state index contributed by atoms with van der Waals surface area (Å²) in [6.07, 6.45) is 2.02. The predicted molar refractivity (Wildman–Crippen MR) is 97.6 cm³/mol. The van der Waals surface area contributed by atoms with E-state index in [4.69, 9.17) is 4.74 Å². The first-order chi connectivity index (χ1) is 12.1. The molecule has 1 aromatic rings. The average Bonchev–Trinajstić information content (AvgIpc) is 2.60. The monoisotopic (exact) mass is 358 g/mol. The summed E-state index contributed by atoms with van der Waals surface area (Å²) < 4.78 is 5.12. The van der Waals surface area contributed by atoms with Gasteiger partial charge in [-0.2, -0.15) is 5.26 Å². The van der Waals surface area contributed by atoms with Crippen molar-refractivity contribution in [1.82, 2.24) is 5.32 Å². The second kappa shape index (κ2) is 9.28. The smallest absolute Gasteiger partial charge is 0.316 e. The van der Waals surface area contributed by atoms with Crippen LogP contribution in [0.2, 0.25) is 0 Å². The number of hydrogen-bond acceptors (Lipinski definition) is 5. The van der Waals surface area contributed by atoms with Crippen molar-refractivity contribution in [2.24, 2.45) is 0 Å². The van der Waals surface area contributed by atoms with Crippen LogP contribution >= 0.6 is 11.8 Å². The minimum atomic E-state index is -0.337. The van der Waals surface area contributed by atoms with E-state index in [0.29, 0.717) is 17.2 Å². The number of thioether (sulfide) groups is 1. The lowest BCUT2D eigenvalue weighted by atomic mass is 9.85. The molecule has 25 heavy (non-hydrogen) atoms. The number of allylic oxidation sites excluding steroid dienone is 1. The summed E-state index contributed by atoms with van der Waals surface area (Å²) in [6.45, 7) is 4.39. The number of aryl methyl sites for hydroxylation is 1. The maximum atomic E-state index is 12.1. The van der Waals surface area contributed by atoms with Gasteiger partial charge in [-0.1, -0.05) is 49.4 Å². The largest absolute Gasteiger partial charge is 0.465 e. The summed E-state index contributed by atoms with van der Waals surface area (Å²) in [5.41, 5.74) is 2.51. The molecule has 6 heteroatoms. The quantitative estimate of drug-likeness (QED) is 0.597. The normalized spacial score (nSPS) is 17.0. The van der Waals surface area contributed by atoms with Gasteiger partial charge >= 0.3 is 5.97 Å². The van der Waals surface area contributed by atoms with E-state index in [0.717, 1.165) is 35.7 Å². The number of carbonyl (C=O) groups excluding carboxylic acids is 2. The van der Waals surface area contributed by atoms with Crippen LogP contribution in [0.25, 0.3) is 0 Å². The Morgan fingerprint density at radius 1 is 1.44 bits per heavy atom. The predicted octanol–water partition coefficient (Wildman–Crippen LogP) is 3.41. The average molecular weight is 358 g/mol. The molecule has 0 aliphatic carbocycles. The van der Waals surface area contributed by atoms with Crippen molar-refractivity contribution in [3.63, 3.8) is 0 Å². The van der Waals surface area contributed by atoms with Gasteiger partial charge in [0.05, 0.1) is 29.0 Å². The zero-order chi connectivity index (χ0) is 18.2. The summed E-state index contributed by atoms with van der Waals surface area (Å²) in [5.74, 6) is -0.687. The Labute approximate surface area is 152 Å². The Hall–Kier alpha value is -2.26. The molecule has 1 amide bonds. The van der Waals surface area contributed by atoms with Gasteiger partial charge in [0.25, 0.3) is 0 Å². The summed E-state index contributed by atoms with van der Waals surface area (Å²) in [5, 5.41) is 12.8. The highest BCUT2D eigenvalue weighted by Crippen LogP contribution is 2.37. The first-order valence-corrected chi connectivity index (χ1v) is 9.33. The molecule has 0 saturated heterocycles. The minimum absolute atomic E-state index is 0.0744. The Morgan fingerprint density at radius 2 is 2.20 bits per heavy atom. The fourth-order valence-corrected chi connectivity index (χ4v) is 3.55. The molecule has 1 N–H and O–H groups in total. The third-order valence-electron chi connectivity index (χ3n) is 4.02. The molecule has 1 aliphatic rings. The zero-order valence-corrected chi connectivity index (χ0v) is 15.3. The molecule has 0 radical (unpaired) electrons. The molecule has 1 atom stereocenters. The Morgan fingerprint density at radius 3 is 2.88 bits per heavy atom. The first kappa shape index (κ1) is 19.1. The molecule has 1 aliphatic heterocycles. The number of rotatable bonds is 7. The van der Waals surface area contributed by atoms with E-state index >= 15 is 0 Å². The van der Waals surface area contributed by atoms with E-state index in [1.165, 1.54) is 0 Å². The van der Waals surface area contributed by atoms with Gasteiger partial charge in [0.1, 0.15) is 0 Å². The molecular formula is C19H22N2O3S. The van der Waals surface area contributed by atoms with Crippen LogP contribution in [0.4, 0.5) is 0 Å². The maximum Gasteiger partial charge on any atom is 0.316 e. The van der Waals surface area contributed by atoms with Crippen molar-refractivity contribution in [2.45, 2.75) is 39.0 Å². The number of unbranched alkanes of at least 4 members (excludes halogenated alkanes) is 1. The van der Waals surface area contributed by atoms with Gasteiger partial charge in [0.15, 0.2) is 0 Å². The number of nitriles is 1. The van der Waals surface area contributed by atoms with Gasteiger partial charge in [0.2, 0.25) is 5.91 Å². The highest BCUT2D eigenvalue weighted by atomic mass is 32.2. The molecule has 1 heterocycles. The lowest BCUT2D eigenvalue weighted by Crippen LogP contribution is -2.31. The number of nitrogens with one attached hydrogen (secondary N) is 1. The van der Waals surface area contributed by atoms with E-state index in [1.54, 1.807) is 0 Å². The van der Waals surface area contributed by atoms with Crippen LogP contribution in [-0.4, -0.2) is 24.2 Å². The third kappa shape index (κ3) is 5.10. The van der Waals surface area contributed by atoms with Crippen LogP contribution in [0.15, 0.2) is 34.9 Å². The molecule has 0 aromatic heterocycles. The number of amides is 1.